The van der Waals surface area contributed by atoms with Gasteiger partial charge in [-0.3, -0.25) is 9.59 Å². The number of aromatic nitrogens is 2. The summed E-state index contributed by atoms with van der Waals surface area (Å²) in [6, 6.07) is 13.1. The molecular formula is C20H19FN4O3S. The van der Waals surface area contributed by atoms with Crippen molar-refractivity contribution in [2.24, 2.45) is 0 Å². The molecule has 0 radical (unpaired) electrons. The predicted molar refractivity (Wildman–Crippen MR) is 108 cm³/mol. The van der Waals surface area contributed by atoms with E-state index in [-0.39, 0.29) is 41.0 Å². The van der Waals surface area contributed by atoms with Crippen LogP contribution in [-0.2, 0) is 9.59 Å². The van der Waals surface area contributed by atoms with Crippen LogP contribution < -0.4 is 5.32 Å². The first-order valence-electron chi connectivity index (χ1n) is 8.73. The fraction of sp³-hybridized carbons (Fsp3) is 0.200. The molecule has 7 nitrogen and oxygen atoms in total. The fourth-order valence-electron chi connectivity index (χ4n) is 2.35. The predicted octanol–water partition coefficient (Wildman–Crippen LogP) is 3.37. The number of rotatable bonds is 7. The minimum Gasteiger partial charge on any atom is -0.411 e. The van der Waals surface area contributed by atoms with E-state index in [1.807, 2.05) is 19.1 Å². The molecule has 29 heavy (non-hydrogen) atoms. The number of hydrogen-bond acceptors (Lipinski definition) is 6. The van der Waals surface area contributed by atoms with E-state index in [0.29, 0.717) is 11.3 Å². The average molecular weight is 414 g/mol. The van der Waals surface area contributed by atoms with Crippen LogP contribution in [-0.4, -0.2) is 46.3 Å². The van der Waals surface area contributed by atoms with Crippen molar-refractivity contribution in [1.82, 2.24) is 15.1 Å². The molecule has 9 heteroatoms. The van der Waals surface area contributed by atoms with Gasteiger partial charge in [-0.25, -0.2) is 4.39 Å². The van der Waals surface area contributed by atoms with Crippen LogP contribution in [0.2, 0.25) is 0 Å². The van der Waals surface area contributed by atoms with Crippen molar-refractivity contribution < 1.29 is 18.4 Å². The van der Waals surface area contributed by atoms with Gasteiger partial charge in [0, 0.05) is 18.3 Å². The summed E-state index contributed by atoms with van der Waals surface area (Å²) in [5.74, 6) is -0.616. The maximum Gasteiger partial charge on any atom is 0.277 e. The van der Waals surface area contributed by atoms with Crippen molar-refractivity contribution in [3.8, 4) is 11.5 Å². The Morgan fingerprint density at radius 2 is 1.79 bits per heavy atom. The summed E-state index contributed by atoms with van der Waals surface area (Å²) in [7, 11) is 1.55. The highest BCUT2D eigenvalue weighted by atomic mass is 32.2. The summed E-state index contributed by atoms with van der Waals surface area (Å²) in [5, 5.41) is 10.7. The van der Waals surface area contributed by atoms with E-state index in [1.165, 1.54) is 29.2 Å². The molecule has 0 unspecified atom stereocenters. The van der Waals surface area contributed by atoms with Crippen LogP contribution in [0.3, 0.4) is 0 Å². The van der Waals surface area contributed by atoms with Gasteiger partial charge < -0.3 is 14.6 Å². The summed E-state index contributed by atoms with van der Waals surface area (Å²) in [6.07, 6.45) is 0. The monoisotopic (exact) mass is 414 g/mol. The number of halogens is 1. The SMILES string of the molecule is Cc1ccc(NC(=O)CN(C)C(=O)CSc2nnc(-c3ccc(F)cc3)o2)cc1. The molecule has 0 fully saturated rings. The highest BCUT2D eigenvalue weighted by molar-refractivity contribution is 7.99. The third-order valence-electron chi connectivity index (χ3n) is 3.96. The third kappa shape index (κ3) is 5.89. The number of nitrogens with zero attached hydrogens (tertiary/aromatic N) is 3. The van der Waals surface area contributed by atoms with Gasteiger partial charge in [-0.2, -0.15) is 0 Å². The van der Waals surface area contributed by atoms with Gasteiger partial charge in [0.2, 0.25) is 17.7 Å². The highest BCUT2D eigenvalue weighted by Crippen LogP contribution is 2.23. The number of benzene rings is 2. The Hall–Kier alpha value is -3.20. The van der Waals surface area contributed by atoms with Crippen molar-refractivity contribution in [3.63, 3.8) is 0 Å². The van der Waals surface area contributed by atoms with Crippen LogP contribution in [0.5, 0.6) is 0 Å². The summed E-state index contributed by atoms with van der Waals surface area (Å²) >= 11 is 1.07. The maximum absolute atomic E-state index is 13.0. The lowest BCUT2D eigenvalue weighted by Gasteiger charge is -2.16. The van der Waals surface area contributed by atoms with Crippen molar-refractivity contribution in [1.29, 1.82) is 0 Å². The Morgan fingerprint density at radius 1 is 1.10 bits per heavy atom. The van der Waals surface area contributed by atoms with E-state index in [0.717, 1.165) is 17.3 Å². The molecule has 3 aromatic rings. The lowest BCUT2D eigenvalue weighted by Crippen LogP contribution is -2.35. The third-order valence-corrected chi connectivity index (χ3v) is 4.76. The summed E-state index contributed by atoms with van der Waals surface area (Å²) in [5.41, 5.74) is 2.35. The smallest absolute Gasteiger partial charge is 0.277 e. The van der Waals surface area contributed by atoms with Gasteiger partial charge in [0.1, 0.15) is 5.82 Å². The van der Waals surface area contributed by atoms with Crippen molar-refractivity contribution >= 4 is 29.3 Å². The molecule has 0 spiro atoms. The number of nitrogens with one attached hydrogen (secondary N) is 1. The number of carbonyl (C=O) groups excluding carboxylic acids is 2. The Morgan fingerprint density at radius 3 is 2.48 bits per heavy atom. The molecule has 0 aliphatic rings. The lowest BCUT2D eigenvalue weighted by molar-refractivity contribution is -0.131. The van der Waals surface area contributed by atoms with Gasteiger partial charge >= 0.3 is 0 Å². The van der Waals surface area contributed by atoms with Gasteiger partial charge in [-0.05, 0) is 43.3 Å². The molecule has 1 aromatic heterocycles. The maximum atomic E-state index is 13.0. The molecular weight excluding hydrogens is 395 g/mol. The second-order valence-corrected chi connectivity index (χ2v) is 7.26. The van der Waals surface area contributed by atoms with E-state index >= 15 is 0 Å². The number of aryl methyl sites for hydroxylation is 1. The molecule has 2 amide bonds. The molecule has 150 valence electrons. The molecule has 2 aromatic carbocycles. The number of likely N-dealkylation sites (N-methyl/N-ethyl adjacent to an activating group) is 1. The van der Waals surface area contributed by atoms with E-state index in [2.05, 4.69) is 15.5 Å². The highest BCUT2D eigenvalue weighted by Gasteiger charge is 2.16. The molecule has 1 N–H and O–H groups in total. The van der Waals surface area contributed by atoms with Crippen molar-refractivity contribution in [2.45, 2.75) is 12.1 Å². The van der Waals surface area contributed by atoms with Crippen LogP contribution >= 0.6 is 11.8 Å². The first-order valence-corrected chi connectivity index (χ1v) is 9.72. The van der Waals surface area contributed by atoms with Crippen LogP contribution in [0, 0.1) is 12.7 Å². The molecule has 0 aliphatic carbocycles. The van der Waals surface area contributed by atoms with Crippen LogP contribution in [0.4, 0.5) is 10.1 Å². The zero-order chi connectivity index (χ0) is 20.8. The van der Waals surface area contributed by atoms with Gasteiger partial charge in [0.25, 0.3) is 5.22 Å². The molecule has 1 heterocycles. The minimum absolute atomic E-state index is 0.0410. The van der Waals surface area contributed by atoms with E-state index in [4.69, 9.17) is 4.42 Å². The largest absolute Gasteiger partial charge is 0.411 e. The Labute approximate surface area is 171 Å². The number of anilines is 1. The first-order chi connectivity index (χ1) is 13.9. The number of hydrogen-bond donors (Lipinski definition) is 1. The van der Waals surface area contributed by atoms with E-state index in [9.17, 15) is 14.0 Å². The summed E-state index contributed by atoms with van der Waals surface area (Å²) in [6.45, 7) is 1.89. The van der Waals surface area contributed by atoms with Crippen LogP contribution in [0.1, 0.15) is 5.56 Å². The minimum atomic E-state index is -0.358. The number of thioether (sulfide) groups is 1. The topological polar surface area (TPSA) is 88.3 Å². The van der Waals surface area contributed by atoms with Gasteiger partial charge in [0.05, 0.1) is 12.3 Å². The first kappa shape index (κ1) is 20.5. The zero-order valence-electron chi connectivity index (χ0n) is 15.9. The van der Waals surface area contributed by atoms with E-state index < -0.39 is 0 Å². The molecule has 0 aliphatic heterocycles. The number of carbonyl (C=O) groups is 2. The number of amides is 2. The normalized spacial score (nSPS) is 10.6. The molecule has 0 bridgehead atoms. The molecule has 0 saturated heterocycles. The van der Waals surface area contributed by atoms with Crippen LogP contribution in [0.15, 0.2) is 58.2 Å². The standard InChI is InChI=1S/C20H19FN4O3S/c1-13-3-9-16(10-4-13)22-17(26)11-25(2)18(27)12-29-20-24-23-19(28-20)14-5-7-15(21)8-6-14/h3-10H,11-12H2,1-2H3,(H,22,26). The Kier molecular flexibility index (Phi) is 6.61. The van der Waals surface area contributed by atoms with E-state index in [1.54, 1.807) is 19.2 Å². The average Bonchev–Trinajstić information content (AvgIpc) is 3.17. The second-order valence-electron chi connectivity index (χ2n) is 6.33. The van der Waals surface area contributed by atoms with Crippen molar-refractivity contribution in [2.75, 3.05) is 24.7 Å². The quantitative estimate of drug-likeness (QED) is 0.597. The van der Waals surface area contributed by atoms with Crippen molar-refractivity contribution in [3.05, 3.63) is 59.9 Å². The summed E-state index contributed by atoms with van der Waals surface area (Å²) < 4.78 is 18.5. The van der Waals surface area contributed by atoms with Gasteiger partial charge in [-0.15, -0.1) is 10.2 Å². The molecule has 0 atom stereocenters. The Balaban J connectivity index is 1.48. The molecule has 0 saturated carbocycles. The lowest BCUT2D eigenvalue weighted by atomic mass is 10.2. The van der Waals surface area contributed by atoms with Gasteiger partial charge in [0.15, 0.2) is 0 Å². The Bertz CT molecular complexity index is 990. The second kappa shape index (κ2) is 9.33. The van der Waals surface area contributed by atoms with Gasteiger partial charge in [-0.1, -0.05) is 29.5 Å². The van der Waals surface area contributed by atoms with Crippen LogP contribution in [0.25, 0.3) is 11.5 Å². The fourth-order valence-corrected chi connectivity index (χ4v) is 3.06. The zero-order valence-corrected chi connectivity index (χ0v) is 16.7. The summed E-state index contributed by atoms with van der Waals surface area (Å²) in [4.78, 5) is 25.7. The molecule has 3 rings (SSSR count).